The molecule has 0 aromatic heterocycles. The van der Waals surface area contributed by atoms with Crippen molar-refractivity contribution < 1.29 is 24.2 Å². The summed E-state index contributed by atoms with van der Waals surface area (Å²) >= 11 is 0. The van der Waals surface area contributed by atoms with E-state index in [0.717, 1.165) is 22.3 Å². The van der Waals surface area contributed by atoms with Gasteiger partial charge in [0.05, 0.1) is 11.3 Å². The number of hydrogen-bond donors (Lipinski definition) is 2. The van der Waals surface area contributed by atoms with E-state index >= 15 is 0 Å². The van der Waals surface area contributed by atoms with E-state index in [0.29, 0.717) is 6.54 Å². The minimum atomic E-state index is -0.882. The molecule has 0 bridgehead atoms. The molecule has 33 heavy (non-hydrogen) atoms. The van der Waals surface area contributed by atoms with Crippen molar-refractivity contribution in [2.24, 2.45) is 17.3 Å². The summed E-state index contributed by atoms with van der Waals surface area (Å²) in [4.78, 5) is 38.4. The van der Waals surface area contributed by atoms with Gasteiger partial charge in [-0.1, -0.05) is 55.5 Å². The molecular formula is C26H30N2O5. The number of benzene rings is 2. The zero-order chi connectivity index (χ0) is 23.8. The molecule has 7 nitrogen and oxygen atoms in total. The number of nitrogens with zero attached hydrogens (tertiary/aromatic N) is 1. The number of nitrogens with one attached hydrogen (secondary N) is 1. The lowest BCUT2D eigenvalue weighted by atomic mass is 9.91. The van der Waals surface area contributed by atoms with E-state index in [1.807, 2.05) is 31.2 Å². The van der Waals surface area contributed by atoms with Crippen molar-refractivity contribution in [2.45, 2.75) is 26.7 Å². The molecule has 2 aromatic carbocycles. The minimum absolute atomic E-state index is 0.0307. The molecule has 1 aliphatic heterocycles. The zero-order valence-electron chi connectivity index (χ0n) is 19.2. The van der Waals surface area contributed by atoms with Crippen molar-refractivity contribution in [3.05, 3.63) is 59.7 Å². The first-order valence-electron chi connectivity index (χ1n) is 11.3. The molecule has 2 unspecified atom stereocenters. The van der Waals surface area contributed by atoms with Crippen molar-refractivity contribution in [3.8, 4) is 11.1 Å². The van der Waals surface area contributed by atoms with Crippen LogP contribution in [0.4, 0.5) is 4.79 Å². The number of hydrogen-bond acceptors (Lipinski definition) is 4. The largest absolute Gasteiger partial charge is 0.481 e. The van der Waals surface area contributed by atoms with Crippen LogP contribution in [0.3, 0.4) is 0 Å². The van der Waals surface area contributed by atoms with Gasteiger partial charge in [0.2, 0.25) is 5.91 Å². The molecule has 2 amide bonds. The van der Waals surface area contributed by atoms with E-state index in [1.165, 1.54) is 0 Å². The van der Waals surface area contributed by atoms with Gasteiger partial charge in [-0.15, -0.1) is 0 Å². The first kappa shape index (κ1) is 22.8. The Morgan fingerprint density at radius 2 is 1.61 bits per heavy atom. The summed E-state index contributed by atoms with van der Waals surface area (Å²) in [5.41, 5.74) is 3.72. The fourth-order valence-corrected chi connectivity index (χ4v) is 4.90. The highest BCUT2D eigenvalue weighted by Gasteiger charge is 2.41. The quantitative estimate of drug-likeness (QED) is 0.699. The van der Waals surface area contributed by atoms with Gasteiger partial charge in [0.15, 0.2) is 0 Å². The minimum Gasteiger partial charge on any atom is -0.481 e. The number of alkyl carbamates (subject to hydrolysis) is 1. The van der Waals surface area contributed by atoms with Crippen molar-refractivity contribution in [1.82, 2.24) is 10.2 Å². The molecule has 1 saturated heterocycles. The Labute approximate surface area is 193 Å². The van der Waals surface area contributed by atoms with Crippen LogP contribution in [0, 0.1) is 17.3 Å². The highest BCUT2D eigenvalue weighted by Crippen LogP contribution is 2.44. The molecule has 174 valence electrons. The van der Waals surface area contributed by atoms with E-state index < -0.39 is 23.4 Å². The highest BCUT2D eigenvalue weighted by molar-refractivity contribution is 5.84. The predicted octanol–water partition coefficient (Wildman–Crippen LogP) is 3.73. The van der Waals surface area contributed by atoms with Gasteiger partial charge in [-0.05, 0) is 42.0 Å². The van der Waals surface area contributed by atoms with Crippen LogP contribution in [-0.2, 0) is 14.3 Å². The van der Waals surface area contributed by atoms with Crippen LogP contribution in [0.1, 0.15) is 37.8 Å². The Morgan fingerprint density at radius 3 is 2.15 bits per heavy atom. The van der Waals surface area contributed by atoms with Gasteiger partial charge in [0, 0.05) is 25.6 Å². The van der Waals surface area contributed by atoms with E-state index in [9.17, 15) is 19.5 Å². The van der Waals surface area contributed by atoms with E-state index in [1.54, 1.807) is 18.7 Å². The third-order valence-electron chi connectivity index (χ3n) is 6.81. The molecule has 2 aromatic rings. The van der Waals surface area contributed by atoms with Gasteiger partial charge in [-0.2, -0.15) is 0 Å². The second kappa shape index (κ2) is 8.89. The zero-order valence-corrected chi connectivity index (χ0v) is 19.2. The van der Waals surface area contributed by atoms with Crippen LogP contribution < -0.4 is 5.32 Å². The van der Waals surface area contributed by atoms with Gasteiger partial charge < -0.3 is 20.1 Å². The number of amides is 2. The van der Waals surface area contributed by atoms with Crippen LogP contribution in [0.25, 0.3) is 11.1 Å². The lowest BCUT2D eigenvalue weighted by molar-refractivity contribution is -0.143. The van der Waals surface area contributed by atoms with Crippen LogP contribution in [-0.4, -0.2) is 54.2 Å². The molecule has 0 spiro atoms. The molecule has 0 saturated carbocycles. The Balaban J connectivity index is 1.33. The fraction of sp³-hybridized carbons (Fsp3) is 0.423. The third-order valence-corrected chi connectivity index (χ3v) is 6.81. The summed E-state index contributed by atoms with van der Waals surface area (Å²) < 4.78 is 5.55. The Bertz CT molecular complexity index is 1030. The molecule has 1 heterocycles. The number of fused-ring (bicyclic) bond motifs is 3. The predicted molar refractivity (Wildman–Crippen MR) is 124 cm³/mol. The number of likely N-dealkylation sites (tertiary alicyclic amines) is 1. The van der Waals surface area contributed by atoms with Crippen LogP contribution >= 0.6 is 0 Å². The van der Waals surface area contributed by atoms with Gasteiger partial charge in [-0.3, -0.25) is 9.59 Å². The van der Waals surface area contributed by atoms with Gasteiger partial charge in [0.1, 0.15) is 6.61 Å². The highest BCUT2D eigenvalue weighted by atomic mass is 16.5. The summed E-state index contributed by atoms with van der Waals surface area (Å²) in [6.07, 6.45) is -0.573. The summed E-state index contributed by atoms with van der Waals surface area (Å²) in [6.45, 7) is 6.25. The maximum Gasteiger partial charge on any atom is 0.407 e. The van der Waals surface area contributed by atoms with E-state index in [2.05, 4.69) is 29.6 Å². The number of ether oxygens (including phenoxy) is 1. The van der Waals surface area contributed by atoms with Crippen molar-refractivity contribution >= 4 is 18.0 Å². The number of carboxylic acids is 1. The average Bonchev–Trinajstić information content (AvgIpc) is 3.34. The van der Waals surface area contributed by atoms with E-state index in [-0.39, 0.29) is 37.4 Å². The topological polar surface area (TPSA) is 95.9 Å². The number of aliphatic carboxylic acids is 1. The first-order chi connectivity index (χ1) is 15.7. The number of carbonyl (C=O) groups is 3. The first-order valence-corrected chi connectivity index (χ1v) is 11.3. The number of carboxylic acid groups (broad SMARTS) is 1. The molecule has 1 aliphatic carbocycles. The fourth-order valence-electron chi connectivity index (χ4n) is 4.90. The van der Waals surface area contributed by atoms with Crippen LogP contribution in [0.15, 0.2) is 48.5 Å². The molecule has 2 atom stereocenters. The lowest BCUT2D eigenvalue weighted by Gasteiger charge is -2.29. The Morgan fingerprint density at radius 1 is 1.03 bits per heavy atom. The van der Waals surface area contributed by atoms with Gasteiger partial charge in [-0.25, -0.2) is 4.79 Å². The third kappa shape index (κ3) is 4.45. The van der Waals surface area contributed by atoms with Crippen molar-refractivity contribution in [1.29, 1.82) is 0 Å². The maximum atomic E-state index is 13.0. The number of carbonyl (C=O) groups excluding carboxylic acids is 2. The van der Waals surface area contributed by atoms with Crippen molar-refractivity contribution in [3.63, 3.8) is 0 Å². The summed E-state index contributed by atoms with van der Waals surface area (Å²) in [6, 6.07) is 16.3. The lowest BCUT2D eigenvalue weighted by Crippen LogP contribution is -2.46. The SMILES string of the molecule is CC1CN(C(=O)C(C)(C)CNC(=O)OCC2c3ccccc3-c3ccccc32)CC1C(=O)O. The smallest absolute Gasteiger partial charge is 0.407 e. The molecule has 7 heteroatoms. The maximum absolute atomic E-state index is 13.0. The summed E-state index contributed by atoms with van der Waals surface area (Å²) in [5, 5.41) is 12.0. The normalized spacial score (nSPS) is 19.7. The molecule has 2 N–H and O–H groups in total. The van der Waals surface area contributed by atoms with E-state index in [4.69, 9.17) is 4.74 Å². The van der Waals surface area contributed by atoms with Crippen molar-refractivity contribution in [2.75, 3.05) is 26.2 Å². The monoisotopic (exact) mass is 450 g/mol. The Kier molecular flexibility index (Phi) is 6.15. The van der Waals surface area contributed by atoms with Gasteiger partial charge in [0.25, 0.3) is 0 Å². The second-order valence-electron chi connectivity index (χ2n) is 9.70. The summed E-state index contributed by atoms with van der Waals surface area (Å²) in [7, 11) is 0. The average molecular weight is 451 g/mol. The second-order valence-corrected chi connectivity index (χ2v) is 9.70. The molecule has 1 fully saturated rings. The molecular weight excluding hydrogens is 420 g/mol. The molecule has 4 rings (SSSR count). The molecule has 2 aliphatic rings. The standard InChI is InChI=1S/C26H30N2O5/c1-16-12-28(13-21(16)23(29)30)24(31)26(2,3)15-27-25(32)33-14-22-19-10-6-4-8-17(19)18-9-5-7-11-20(18)22/h4-11,16,21-22H,12-15H2,1-3H3,(H,27,32)(H,29,30). The van der Waals surface area contributed by atoms with Crippen LogP contribution in [0.2, 0.25) is 0 Å². The Hall–Kier alpha value is -3.35. The van der Waals surface area contributed by atoms with Crippen LogP contribution in [0.5, 0.6) is 0 Å². The number of rotatable bonds is 6. The molecule has 0 radical (unpaired) electrons. The van der Waals surface area contributed by atoms with Gasteiger partial charge >= 0.3 is 12.1 Å². The summed E-state index contributed by atoms with van der Waals surface area (Å²) in [5.74, 6) is -1.74.